The third-order valence-corrected chi connectivity index (χ3v) is 2.93. The first-order valence-corrected chi connectivity index (χ1v) is 5.25. The molecule has 60 valence electrons. The number of halogens is 4. The van der Waals surface area contributed by atoms with Crippen LogP contribution in [0.15, 0.2) is 16.6 Å². The van der Waals surface area contributed by atoms with Crippen molar-refractivity contribution in [1.29, 1.82) is 0 Å². The lowest BCUT2D eigenvalue weighted by Crippen LogP contribution is -1.90. The monoisotopic (exact) mass is 348 g/mol. The fraction of sp³-hybridized carbons (Fsp3) is 0.143. The van der Waals surface area contributed by atoms with Gasteiger partial charge in [-0.1, -0.05) is 15.9 Å². The molecule has 0 saturated carbocycles. The molecule has 0 unspecified atom stereocenters. The van der Waals surface area contributed by atoms with Gasteiger partial charge < -0.3 is 0 Å². The number of alkyl halides is 1. The van der Waals surface area contributed by atoms with Crippen LogP contribution >= 0.6 is 50.1 Å². The maximum atomic E-state index is 13.0. The Morgan fingerprint density at radius 1 is 1.55 bits per heavy atom. The van der Waals surface area contributed by atoms with Crippen LogP contribution in [0.5, 0.6) is 0 Å². The Hall–Kier alpha value is 0.650. The predicted octanol–water partition coefficient (Wildman–Crippen LogP) is 3.93. The second-order valence-electron chi connectivity index (χ2n) is 1.98. The van der Waals surface area contributed by atoms with E-state index in [-0.39, 0.29) is 11.7 Å². The maximum absolute atomic E-state index is 13.0. The van der Waals surface area contributed by atoms with E-state index in [0.717, 1.165) is 8.04 Å². The molecular formula is C7H4BrClFI. The summed E-state index contributed by atoms with van der Waals surface area (Å²) in [6.45, 7) is 0. The highest BCUT2D eigenvalue weighted by Crippen LogP contribution is 2.23. The van der Waals surface area contributed by atoms with Crippen molar-refractivity contribution in [2.45, 2.75) is 5.88 Å². The molecule has 0 spiro atoms. The van der Waals surface area contributed by atoms with E-state index in [1.807, 2.05) is 6.07 Å². The van der Waals surface area contributed by atoms with Crippen molar-refractivity contribution in [3.05, 3.63) is 31.6 Å². The van der Waals surface area contributed by atoms with Gasteiger partial charge in [0.2, 0.25) is 0 Å². The Morgan fingerprint density at radius 3 is 2.64 bits per heavy atom. The molecule has 0 nitrogen and oxygen atoms in total. The molecule has 0 atom stereocenters. The molecule has 0 fully saturated rings. The first-order valence-electron chi connectivity index (χ1n) is 2.84. The van der Waals surface area contributed by atoms with Gasteiger partial charge in [-0.2, -0.15) is 0 Å². The van der Waals surface area contributed by atoms with Crippen LogP contribution in [0.4, 0.5) is 4.39 Å². The number of hydrogen-bond acceptors (Lipinski definition) is 0. The Morgan fingerprint density at radius 2 is 2.18 bits per heavy atom. The first-order chi connectivity index (χ1) is 5.15. The Kier molecular flexibility index (Phi) is 3.58. The lowest BCUT2D eigenvalue weighted by atomic mass is 10.2. The van der Waals surface area contributed by atoms with Crippen LogP contribution < -0.4 is 0 Å². The minimum atomic E-state index is -0.251. The average molecular weight is 349 g/mol. The van der Waals surface area contributed by atoms with E-state index in [4.69, 9.17) is 11.6 Å². The minimum Gasteiger partial charge on any atom is -0.207 e. The van der Waals surface area contributed by atoms with Gasteiger partial charge in [-0.25, -0.2) is 4.39 Å². The topological polar surface area (TPSA) is 0 Å². The molecular weight excluding hydrogens is 345 g/mol. The molecule has 0 aliphatic heterocycles. The van der Waals surface area contributed by atoms with Gasteiger partial charge in [-0.15, -0.1) is 11.6 Å². The van der Waals surface area contributed by atoms with Crippen molar-refractivity contribution in [2.75, 3.05) is 0 Å². The molecule has 0 aromatic heterocycles. The molecule has 1 aromatic rings. The summed E-state index contributed by atoms with van der Waals surface area (Å²) in [4.78, 5) is 0. The Bertz CT molecular complexity index is 254. The second kappa shape index (κ2) is 4.05. The van der Waals surface area contributed by atoms with Crippen LogP contribution in [-0.2, 0) is 5.88 Å². The average Bonchev–Trinajstić information content (AvgIpc) is 1.85. The van der Waals surface area contributed by atoms with Gasteiger partial charge in [0.25, 0.3) is 0 Å². The summed E-state index contributed by atoms with van der Waals surface area (Å²) < 4.78 is 14.6. The van der Waals surface area contributed by atoms with Gasteiger partial charge in [0, 0.05) is 13.6 Å². The van der Waals surface area contributed by atoms with Crippen molar-refractivity contribution in [1.82, 2.24) is 0 Å². The molecule has 11 heavy (non-hydrogen) atoms. The van der Waals surface area contributed by atoms with Crippen LogP contribution in [0, 0.1) is 9.39 Å². The van der Waals surface area contributed by atoms with Gasteiger partial charge in [-0.05, 0) is 34.7 Å². The minimum absolute atomic E-state index is 0.220. The SMILES string of the molecule is Fc1cc(Br)cc(I)c1CCl. The Balaban J connectivity index is 3.25. The van der Waals surface area contributed by atoms with E-state index >= 15 is 0 Å². The smallest absolute Gasteiger partial charge is 0.129 e. The van der Waals surface area contributed by atoms with Crippen LogP contribution in [0.25, 0.3) is 0 Å². The fourth-order valence-corrected chi connectivity index (χ4v) is 2.84. The van der Waals surface area contributed by atoms with Gasteiger partial charge in [0.15, 0.2) is 0 Å². The van der Waals surface area contributed by atoms with E-state index in [0.29, 0.717) is 5.56 Å². The van der Waals surface area contributed by atoms with Crippen molar-refractivity contribution >= 4 is 50.1 Å². The fourth-order valence-electron chi connectivity index (χ4n) is 0.700. The molecule has 0 N–H and O–H groups in total. The van der Waals surface area contributed by atoms with E-state index in [1.165, 1.54) is 6.07 Å². The summed E-state index contributed by atoms with van der Waals surface area (Å²) >= 11 is 10.8. The van der Waals surface area contributed by atoms with E-state index in [2.05, 4.69) is 38.5 Å². The van der Waals surface area contributed by atoms with Crippen molar-refractivity contribution in [2.24, 2.45) is 0 Å². The highest BCUT2D eigenvalue weighted by Gasteiger charge is 2.06. The standard InChI is InChI=1S/C7H4BrClFI/c8-4-1-6(10)5(3-9)7(11)2-4/h1-2H,3H2. The summed E-state index contributed by atoms with van der Waals surface area (Å²) in [5.41, 5.74) is 0.565. The van der Waals surface area contributed by atoms with Crippen molar-refractivity contribution in [3.8, 4) is 0 Å². The van der Waals surface area contributed by atoms with Gasteiger partial charge in [0.1, 0.15) is 5.82 Å². The summed E-state index contributed by atoms with van der Waals surface area (Å²) in [5.74, 6) is -0.0315. The predicted molar refractivity (Wildman–Crippen MR) is 56.4 cm³/mol. The van der Waals surface area contributed by atoms with Crippen molar-refractivity contribution < 1.29 is 4.39 Å². The molecule has 0 amide bonds. The zero-order chi connectivity index (χ0) is 8.43. The highest BCUT2D eigenvalue weighted by molar-refractivity contribution is 14.1. The van der Waals surface area contributed by atoms with Crippen LogP contribution in [0.2, 0.25) is 0 Å². The Labute approximate surface area is 91.4 Å². The molecule has 0 saturated heterocycles. The summed E-state index contributed by atoms with van der Waals surface area (Å²) in [6, 6.07) is 3.25. The number of benzene rings is 1. The molecule has 0 bridgehead atoms. The molecule has 0 aliphatic carbocycles. The quantitative estimate of drug-likeness (QED) is 0.532. The van der Waals surface area contributed by atoms with Crippen LogP contribution in [-0.4, -0.2) is 0 Å². The zero-order valence-electron chi connectivity index (χ0n) is 5.37. The molecule has 1 aromatic carbocycles. The molecule has 1 rings (SSSR count). The summed E-state index contributed by atoms with van der Waals surface area (Å²) in [6.07, 6.45) is 0. The third kappa shape index (κ3) is 2.29. The largest absolute Gasteiger partial charge is 0.207 e. The number of rotatable bonds is 1. The lowest BCUT2D eigenvalue weighted by Gasteiger charge is -2.01. The number of hydrogen-bond donors (Lipinski definition) is 0. The van der Waals surface area contributed by atoms with Crippen molar-refractivity contribution in [3.63, 3.8) is 0 Å². The molecule has 4 heteroatoms. The first kappa shape index (κ1) is 9.74. The van der Waals surface area contributed by atoms with E-state index < -0.39 is 0 Å². The highest BCUT2D eigenvalue weighted by atomic mass is 127. The third-order valence-electron chi connectivity index (χ3n) is 1.24. The normalized spacial score (nSPS) is 10.2. The maximum Gasteiger partial charge on any atom is 0.129 e. The van der Waals surface area contributed by atoms with Gasteiger partial charge in [-0.3, -0.25) is 0 Å². The van der Waals surface area contributed by atoms with E-state index in [1.54, 1.807) is 0 Å². The van der Waals surface area contributed by atoms with Gasteiger partial charge in [0.05, 0.1) is 5.88 Å². The molecule has 0 heterocycles. The van der Waals surface area contributed by atoms with Gasteiger partial charge >= 0.3 is 0 Å². The molecule has 0 aliphatic rings. The van der Waals surface area contributed by atoms with Crippen LogP contribution in [0.3, 0.4) is 0 Å². The zero-order valence-corrected chi connectivity index (χ0v) is 9.87. The summed E-state index contributed by atoms with van der Waals surface area (Å²) in [5, 5.41) is 0. The van der Waals surface area contributed by atoms with Crippen LogP contribution in [0.1, 0.15) is 5.56 Å². The second-order valence-corrected chi connectivity index (χ2v) is 4.33. The molecule has 0 radical (unpaired) electrons. The summed E-state index contributed by atoms with van der Waals surface area (Å²) in [7, 11) is 0. The van der Waals surface area contributed by atoms with E-state index in [9.17, 15) is 4.39 Å². The lowest BCUT2D eigenvalue weighted by molar-refractivity contribution is 0.614.